The zero-order valence-electron chi connectivity index (χ0n) is 14.6. The molecule has 0 bridgehead atoms. The highest BCUT2D eigenvalue weighted by atomic mass is 35.5. The normalized spacial score (nSPS) is 18.2. The molecule has 3 rings (SSSR count). The van der Waals surface area contributed by atoms with Crippen LogP contribution in [0.1, 0.15) is 24.4 Å². The van der Waals surface area contributed by atoms with Crippen molar-refractivity contribution in [3.05, 3.63) is 48.0 Å². The molecule has 140 valence electrons. The second kappa shape index (κ2) is 8.19. The highest BCUT2D eigenvalue weighted by Crippen LogP contribution is 2.39. The van der Waals surface area contributed by atoms with E-state index in [0.29, 0.717) is 5.75 Å². The van der Waals surface area contributed by atoms with Gasteiger partial charge >= 0.3 is 0 Å². The molecule has 0 amide bonds. The first-order chi connectivity index (χ1) is 12.4. The first-order valence-electron chi connectivity index (χ1n) is 8.23. The molecule has 2 aromatic rings. The Hall–Kier alpha value is -1.25. The molecule has 8 heteroatoms. The van der Waals surface area contributed by atoms with Gasteiger partial charge in [-0.1, -0.05) is 0 Å². The molecule has 1 saturated heterocycles. The van der Waals surface area contributed by atoms with Crippen LogP contribution in [0.5, 0.6) is 11.5 Å². The molecule has 2 aromatic carbocycles. The molecule has 1 heterocycles. The van der Waals surface area contributed by atoms with Gasteiger partial charge in [-0.25, -0.2) is 8.42 Å². The van der Waals surface area contributed by atoms with Crippen molar-refractivity contribution in [2.24, 2.45) is 0 Å². The van der Waals surface area contributed by atoms with Crippen LogP contribution in [0, 0.1) is 0 Å². The number of nitrogens with one attached hydrogen (secondary N) is 1. The van der Waals surface area contributed by atoms with Gasteiger partial charge in [0, 0.05) is 16.5 Å². The van der Waals surface area contributed by atoms with Crippen molar-refractivity contribution in [3.63, 3.8) is 0 Å². The molecular weight excluding hydrogens is 392 g/mol. The van der Waals surface area contributed by atoms with Crippen LogP contribution >= 0.6 is 23.5 Å². The van der Waals surface area contributed by atoms with Gasteiger partial charge in [0.25, 0.3) is 10.0 Å². The SMILES string of the molecule is CSc1ccc(Oc2ccc(S(=O)(=O)NCl)cc2C2CCCN2C)cc1. The van der Waals surface area contributed by atoms with Gasteiger partial charge in [-0.15, -0.1) is 16.0 Å². The molecule has 0 aliphatic carbocycles. The summed E-state index contributed by atoms with van der Waals surface area (Å²) in [5.41, 5.74) is 0.854. The summed E-state index contributed by atoms with van der Waals surface area (Å²) < 4.78 is 32.1. The number of hydrogen-bond donors (Lipinski definition) is 1. The zero-order chi connectivity index (χ0) is 18.7. The Kier molecular flexibility index (Phi) is 6.14. The number of sulfonamides is 1. The Morgan fingerprint density at radius 3 is 2.54 bits per heavy atom. The van der Waals surface area contributed by atoms with E-state index >= 15 is 0 Å². The molecule has 1 atom stereocenters. The van der Waals surface area contributed by atoms with Crippen molar-refractivity contribution in [2.75, 3.05) is 19.8 Å². The van der Waals surface area contributed by atoms with E-state index < -0.39 is 10.0 Å². The van der Waals surface area contributed by atoms with Crippen LogP contribution < -0.4 is 8.98 Å². The Morgan fingerprint density at radius 2 is 1.96 bits per heavy atom. The van der Waals surface area contributed by atoms with Crippen molar-refractivity contribution in [1.29, 1.82) is 0 Å². The molecule has 1 fully saturated rings. The van der Waals surface area contributed by atoms with E-state index in [4.69, 9.17) is 16.5 Å². The molecule has 1 aliphatic heterocycles. The number of hydrogen-bond acceptors (Lipinski definition) is 5. The maximum Gasteiger partial charge on any atom is 0.253 e. The molecule has 1 N–H and O–H groups in total. The topological polar surface area (TPSA) is 58.6 Å². The first kappa shape index (κ1) is 19.5. The van der Waals surface area contributed by atoms with Crippen LogP contribution in [-0.2, 0) is 10.0 Å². The Labute approximate surface area is 163 Å². The maximum absolute atomic E-state index is 12.1. The van der Waals surface area contributed by atoms with Crippen LogP contribution in [0.3, 0.4) is 0 Å². The summed E-state index contributed by atoms with van der Waals surface area (Å²) in [6, 6.07) is 12.8. The second-order valence-electron chi connectivity index (χ2n) is 6.20. The third-order valence-electron chi connectivity index (χ3n) is 4.56. The molecule has 0 spiro atoms. The van der Waals surface area contributed by atoms with Crippen LogP contribution in [-0.4, -0.2) is 33.2 Å². The van der Waals surface area contributed by atoms with Crippen molar-refractivity contribution in [3.8, 4) is 11.5 Å². The lowest BCUT2D eigenvalue weighted by Crippen LogP contribution is -2.19. The first-order valence-corrected chi connectivity index (χ1v) is 11.3. The molecule has 1 aliphatic rings. The lowest BCUT2D eigenvalue weighted by atomic mass is 10.0. The summed E-state index contributed by atoms with van der Waals surface area (Å²) in [6.45, 7) is 0.970. The Bertz CT molecular complexity index is 873. The predicted molar refractivity (Wildman–Crippen MR) is 106 cm³/mol. The van der Waals surface area contributed by atoms with E-state index in [1.165, 1.54) is 6.07 Å². The third kappa shape index (κ3) is 4.18. The molecule has 0 aromatic heterocycles. The quantitative estimate of drug-likeness (QED) is 0.562. The van der Waals surface area contributed by atoms with Gasteiger partial charge in [-0.05, 0) is 86.9 Å². The van der Waals surface area contributed by atoms with E-state index in [1.807, 2.05) is 41.8 Å². The van der Waals surface area contributed by atoms with Crippen LogP contribution in [0.25, 0.3) is 0 Å². The third-order valence-corrected chi connectivity index (χ3v) is 6.99. The van der Waals surface area contributed by atoms with Gasteiger partial charge in [0.2, 0.25) is 0 Å². The van der Waals surface area contributed by atoms with Crippen LogP contribution in [0.4, 0.5) is 0 Å². The van der Waals surface area contributed by atoms with Gasteiger partial charge in [-0.2, -0.15) is 0 Å². The van der Waals surface area contributed by atoms with E-state index in [0.717, 1.165) is 35.6 Å². The molecule has 1 unspecified atom stereocenters. The van der Waals surface area contributed by atoms with Crippen molar-refractivity contribution in [2.45, 2.75) is 28.7 Å². The summed E-state index contributed by atoms with van der Waals surface area (Å²) in [5, 5.41) is 0. The second-order valence-corrected chi connectivity index (χ2v) is 9.17. The monoisotopic (exact) mass is 412 g/mol. The molecule has 0 saturated carbocycles. The predicted octanol–water partition coefficient (Wildman–Crippen LogP) is 4.40. The minimum atomic E-state index is -3.73. The van der Waals surface area contributed by atoms with E-state index in [-0.39, 0.29) is 10.9 Å². The minimum absolute atomic E-state index is 0.112. The van der Waals surface area contributed by atoms with E-state index in [2.05, 4.69) is 4.90 Å². The van der Waals surface area contributed by atoms with Crippen molar-refractivity contribution < 1.29 is 13.2 Å². The van der Waals surface area contributed by atoms with Gasteiger partial charge in [0.1, 0.15) is 11.5 Å². The fourth-order valence-electron chi connectivity index (χ4n) is 3.17. The van der Waals surface area contributed by atoms with E-state index in [9.17, 15) is 8.42 Å². The zero-order valence-corrected chi connectivity index (χ0v) is 17.0. The van der Waals surface area contributed by atoms with Gasteiger partial charge in [0.05, 0.1) is 4.90 Å². The summed E-state index contributed by atoms with van der Waals surface area (Å²) in [4.78, 5) is 3.50. The molecular formula is C18H21ClN2O3S2. The Balaban J connectivity index is 1.99. The lowest BCUT2D eigenvalue weighted by Gasteiger charge is -2.23. The van der Waals surface area contributed by atoms with Crippen molar-refractivity contribution in [1.82, 2.24) is 9.14 Å². The van der Waals surface area contributed by atoms with Crippen LogP contribution in [0.15, 0.2) is 52.3 Å². The fourth-order valence-corrected chi connectivity index (χ4v) is 4.46. The van der Waals surface area contributed by atoms with Gasteiger partial charge in [-0.3, -0.25) is 4.90 Å². The molecule has 5 nitrogen and oxygen atoms in total. The summed E-state index contributed by atoms with van der Waals surface area (Å²) >= 11 is 7.05. The summed E-state index contributed by atoms with van der Waals surface area (Å²) in [6.07, 6.45) is 4.04. The highest BCUT2D eigenvalue weighted by molar-refractivity contribution is 7.98. The number of halogens is 1. The number of likely N-dealkylation sites (tertiary alicyclic amines) is 1. The van der Waals surface area contributed by atoms with E-state index in [1.54, 1.807) is 23.9 Å². The molecule has 26 heavy (non-hydrogen) atoms. The van der Waals surface area contributed by atoms with Gasteiger partial charge in [0.15, 0.2) is 0 Å². The smallest absolute Gasteiger partial charge is 0.253 e. The summed E-state index contributed by atoms with van der Waals surface area (Å²) in [5.74, 6) is 1.38. The Morgan fingerprint density at radius 1 is 1.23 bits per heavy atom. The maximum atomic E-state index is 12.1. The number of rotatable bonds is 6. The lowest BCUT2D eigenvalue weighted by molar-refractivity contribution is 0.309. The fraction of sp³-hybridized carbons (Fsp3) is 0.333. The van der Waals surface area contributed by atoms with Crippen molar-refractivity contribution >= 4 is 33.6 Å². The standard InChI is InChI=1S/C18H21ClN2O3S2/c1-21-11-3-4-17(21)16-12-15(26(22,23)20-19)9-10-18(16)24-13-5-7-14(25-2)8-6-13/h5-10,12,17,20H,3-4,11H2,1-2H3. The molecule has 0 radical (unpaired) electrons. The highest BCUT2D eigenvalue weighted by Gasteiger charge is 2.27. The van der Waals surface area contributed by atoms with Crippen LogP contribution in [0.2, 0.25) is 0 Å². The summed E-state index contributed by atoms with van der Waals surface area (Å²) in [7, 11) is -1.69. The average Bonchev–Trinajstić information content (AvgIpc) is 3.08. The average molecular weight is 413 g/mol. The number of thioether (sulfide) groups is 1. The number of nitrogens with zero attached hydrogens (tertiary/aromatic N) is 1. The number of benzene rings is 2. The largest absolute Gasteiger partial charge is 0.457 e. The number of ether oxygens (including phenoxy) is 1. The minimum Gasteiger partial charge on any atom is -0.457 e. The van der Waals surface area contributed by atoms with Gasteiger partial charge < -0.3 is 4.74 Å².